The summed E-state index contributed by atoms with van der Waals surface area (Å²) in [6.45, 7) is 1.90. The van der Waals surface area contributed by atoms with Crippen LogP contribution in [0.5, 0.6) is 11.5 Å². The molecule has 1 atom stereocenters. The molecular formula is C39H34ClN3O5S. The third-order valence-corrected chi connectivity index (χ3v) is 9.09. The normalized spacial score (nSPS) is 11.6. The molecule has 49 heavy (non-hydrogen) atoms. The second-order valence-electron chi connectivity index (χ2n) is 10.8. The summed E-state index contributed by atoms with van der Waals surface area (Å²) in [6.07, 6.45) is 1.54. The van der Waals surface area contributed by atoms with Gasteiger partial charge in [-0.3, -0.25) is 14.4 Å². The zero-order valence-corrected chi connectivity index (χ0v) is 28.6. The Hall–Kier alpha value is -5.51. The summed E-state index contributed by atoms with van der Waals surface area (Å²) in [5.74, 6) is -0.146. The van der Waals surface area contributed by atoms with E-state index in [1.807, 2.05) is 61.5 Å². The SMILES string of the molecule is COc1ccc(/C=C(\NC(=O)c2ccccc2)C(=O)Nc2ccc(SC(C(=O)Nc3ccc(C)c(Cl)c3)c3ccccc3)cc2)c(OC)c1. The van der Waals surface area contributed by atoms with Crippen molar-refractivity contribution < 1.29 is 23.9 Å². The van der Waals surface area contributed by atoms with E-state index in [9.17, 15) is 14.4 Å². The number of anilines is 2. The van der Waals surface area contributed by atoms with Crippen LogP contribution in [-0.4, -0.2) is 31.9 Å². The number of carbonyl (C=O) groups is 3. The first-order valence-electron chi connectivity index (χ1n) is 15.2. The van der Waals surface area contributed by atoms with E-state index in [4.69, 9.17) is 21.1 Å². The molecule has 0 aliphatic heterocycles. The Morgan fingerprint density at radius 3 is 2.08 bits per heavy atom. The summed E-state index contributed by atoms with van der Waals surface area (Å²) in [6, 6.07) is 35.8. The van der Waals surface area contributed by atoms with Crippen molar-refractivity contribution in [3.05, 3.63) is 154 Å². The molecule has 3 N–H and O–H groups in total. The van der Waals surface area contributed by atoms with Crippen LogP contribution in [0.3, 0.4) is 0 Å². The van der Waals surface area contributed by atoms with Crippen LogP contribution in [0.25, 0.3) is 6.08 Å². The minimum atomic E-state index is -0.566. The molecule has 0 radical (unpaired) electrons. The average molecular weight is 692 g/mol. The largest absolute Gasteiger partial charge is 0.497 e. The molecule has 8 nitrogen and oxygen atoms in total. The van der Waals surface area contributed by atoms with Gasteiger partial charge in [0.25, 0.3) is 11.8 Å². The Balaban J connectivity index is 1.36. The zero-order valence-electron chi connectivity index (χ0n) is 27.0. The van der Waals surface area contributed by atoms with Gasteiger partial charge in [0, 0.05) is 38.5 Å². The van der Waals surface area contributed by atoms with Gasteiger partial charge in [-0.05, 0) is 84.8 Å². The summed E-state index contributed by atoms with van der Waals surface area (Å²) >= 11 is 7.67. The second kappa shape index (κ2) is 16.5. The number of ether oxygens (including phenoxy) is 2. The lowest BCUT2D eigenvalue weighted by atomic mass is 10.1. The Bertz CT molecular complexity index is 1970. The van der Waals surface area contributed by atoms with E-state index >= 15 is 0 Å². The van der Waals surface area contributed by atoms with Gasteiger partial charge in [-0.25, -0.2) is 0 Å². The molecule has 0 bridgehead atoms. The van der Waals surface area contributed by atoms with Crippen LogP contribution in [0.15, 0.2) is 132 Å². The van der Waals surface area contributed by atoms with Gasteiger partial charge in [0.1, 0.15) is 22.4 Å². The topological polar surface area (TPSA) is 106 Å². The fraction of sp³-hybridized carbons (Fsp3) is 0.103. The van der Waals surface area contributed by atoms with Gasteiger partial charge in [0.15, 0.2) is 0 Å². The predicted molar refractivity (Wildman–Crippen MR) is 196 cm³/mol. The van der Waals surface area contributed by atoms with Gasteiger partial charge in [-0.2, -0.15) is 0 Å². The van der Waals surface area contributed by atoms with Crippen molar-refractivity contribution in [3.8, 4) is 11.5 Å². The first kappa shape index (κ1) is 34.8. The number of methoxy groups -OCH3 is 2. The Labute approximate surface area is 294 Å². The molecule has 5 rings (SSSR count). The number of thioether (sulfide) groups is 1. The molecule has 3 amide bonds. The summed E-state index contributed by atoms with van der Waals surface area (Å²) in [4.78, 5) is 41.1. The standard InChI is InChI=1S/C39H34ClN3O5S/c1-25-14-16-30(23-33(25)40)42-39(46)36(26-10-6-4-7-11-26)49-32-20-17-29(18-21-32)41-38(45)34(43-37(44)27-12-8-5-9-13-27)22-28-15-19-31(47-2)24-35(28)48-3/h4-24,36H,1-3H3,(H,41,45)(H,42,46)(H,43,44)/b34-22-. The van der Waals surface area contributed by atoms with E-state index in [0.29, 0.717) is 39.0 Å². The van der Waals surface area contributed by atoms with Crippen molar-refractivity contribution in [1.29, 1.82) is 0 Å². The fourth-order valence-electron chi connectivity index (χ4n) is 4.77. The number of amides is 3. The van der Waals surface area contributed by atoms with E-state index in [1.54, 1.807) is 79.9 Å². The summed E-state index contributed by atoms with van der Waals surface area (Å²) < 4.78 is 10.8. The Morgan fingerprint density at radius 2 is 1.43 bits per heavy atom. The lowest BCUT2D eigenvalue weighted by molar-refractivity contribution is -0.116. The highest BCUT2D eigenvalue weighted by molar-refractivity contribution is 8.00. The van der Waals surface area contributed by atoms with Crippen LogP contribution in [-0.2, 0) is 9.59 Å². The van der Waals surface area contributed by atoms with Gasteiger partial charge in [-0.1, -0.05) is 66.2 Å². The van der Waals surface area contributed by atoms with Gasteiger partial charge < -0.3 is 25.4 Å². The van der Waals surface area contributed by atoms with Crippen LogP contribution in [0.2, 0.25) is 5.02 Å². The molecule has 0 saturated carbocycles. The molecule has 10 heteroatoms. The van der Waals surface area contributed by atoms with Crippen molar-refractivity contribution in [2.45, 2.75) is 17.1 Å². The summed E-state index contributed by atoms with van der Waals surface area (Å²) in [5.41, 5.74) is 3.81. The second-order valence-corrected chi connectivity index (χ2v) is 12.4. The first-order chi connectivity index (χ1) is 23.7. The number of benzene rings is 5. The minimum absolute atomic E-state index is 0.00722. The minimum Gasteiger partial charge on any atom is -0.497 e. The van der Waals surface area contributed by atoms with E-state index in [0.717, 1.165) is 16.0 Å². The molecule has 0 aliphatic carbocycles. The number of halogens is 1. The van der Waals surface area contributed by atoms with Crippen LogP contribution in [0, 0.1) is 6.92 Å². The van der Waals surface area contributed by atoms with E-state index in [-0.39, 0.29) is 11.6 Å². The van der Waals surface area contributed by atoms with Crippen molar-refractivity contribution >= 4 is 58.5 Å². The Morgan fingerprint density at radius 1 is 0.755 bits per heavy atom. The lowest BCUT2D eigenvalue weighted by Crippen LogP contribution is -2.30. The van der Waals surface area contributed by atoms with Crippen LogP contribution >= 0.6 is 23.4 Å². The number of nitrogens with one attached hydrogen (secondary N) is 3. The van der Waals surface area contributed by atoms with E-state index in [1.165, 1.54) is 18.9 Å². The van der Waals surface area contributed by atoms with Crippen molar-refractivity contribution in [1.82, 2.24) is 5.32 Å². The summed E-state index contributed by atoms with van der Waals surface area (Å²) in [7, 11) is 3.06. The smallest absolute Gasteiger partial charge is 0.272 e. The van der Waals surface area contributed by atoms with E-state index in [2.05, 4.69) is 16.0 Å². The maximum atomic E-state index is 13.6. The number of hydrogen-bond donors (Lipinski definition) is 3. The molecule has 1 unspecified atom stereocenters. The maximum absolute atomic E-state index is 13.6. The molecule has 0 aromatic heterocycles. The number of rotatable bonds is 12. The van der Waals surface area contributed by atoms with Crippen LogP contribution < -0.4 is 25.4 Å². The lowest BCUT2D eigenvalue weighted by Gasteiger charge is -2.18. The predicted octanol–water partition coefficient (Wildman–Crippen LogP) is 8.55. The quantitative estimate of drug-likeness (QED) is 0.0895. The summed E-state index contributed by atoms with van der Waals surface area (Å²) in [5, 5.41) is 8.60. The van der Waals surface area contributed by atoms with E-state index < -0.39 is 17.1 Å². The van der Waals surface area contributed by atoms with Gasteiger partial charge in [0.05, 0.1) is 14.2 Å². The monoisotopic (exact) mass is 691 g/mol. The molecule has 0 saturated heterocycles. The molecular weight excluding hydrogens is 658 g/mol. The number of carbonyl (C=O) groups excluding carboxylic acids is 3. The van der Waals surface area contributed by atoms with Gasteiger partial charge >= 0.3 is 0 Å². The third kappa shape index (κ3) is 9.31. The van der Waals surface area contributed by atoms with Crippen molar-refractivity contribution in [3.63, 3.8) is 0 Å². The van der Waals surface area contributed by atoms with Gasteiger partial charge in [0.2, 0.25) is 5.91 Å². The fourth-order valence-corrected chi connectivity index (χ4v) is 5.97. The highest BCUT2D eigenvalue weighted by Crippen LogP contribution is 2.37. The number of aryl methyl sites for hydroxylation is 1. The highest BCUT2D eigenvalue weighted by Gasteiger charge is 2.23. The van der Waals surface area contributed by atoms with Crippen molar-refractivity contribution in [2.75, 3.05) is 24.9 Å². The maximum Gasteiger partial charge on any atom is 0.272 e. The molecule has 0 heterocycles. The molecule has 0 spiro atoms. The molecule has 0 aliphatic rings. The van der Waals surface area contributed by atoms with Gasteiger partial charge in [-0.15, -0.1) is 11.8 Å². The van der Waals surface area contributed by atoms with Crippen LogP contribution in [0.4, 0.5) is 11.4 Å². The highest BCUT2D eigenvalue weighted by atomic mass is 35.5. The molecule has 248 valence electrons. The molecule has 5 aromatic rings. The third-order valence-electron chi connectivity index (χ3n) is 7.42. The molecule has 0 fully saturated rings. The Kier molecular flexibility index (Phi) is 11.8. The number of hydrogen-bond acceptors (Lipinski definition) is 6. The first-order valence-corrected chi connectivity index (χ1v) is 16.5. The zero-order chi connectivity index (χ0) is 34.8. The molecule has 5 aromatic carbocycles. The average Bonchev–Trinajstić information content (AvgIpc) is 3.13. The van der Waals surface area contributed by atoms with Crippen LogP contribution in [0.1, 0.15) is 32.3 Å². The van der Waals surface area contributed by atoms with Crippen molar-refractivity contribution in [2.24, 2.45) is 0 Å².